The molecule has 0 aliphatic carbocycles. The fourth-order valence-corrected chi connectivity index (χ4v) is 3.29. The standard InChI is InChI=1S/C20H23F3N4O3/c1-19(2,3)15(11-4-6-12(7-5-11)20(21,22)23)27-17(29)13-10-14(28)26-16(25-13)18-24-8-9-30-18/h4-9,13,15-16,25H,10H2,1-3H3,(H,26,28)(H,27,29). The van der Waals surface area contributed by atoms with Gasteiger partial charge in [-0.15, -0.1) is 0 Å². The van der Waals surface area contributed by atoms with Gasteiger partial charge in [-0.05, 0) is 23.1 Å². The van der Waals surface area contributed by atoms with E-state index >= 15 is 0 Å². The van der Waals surface area contributed by atoms with E-state index in [9.17, 15) is 22.8 Å². The summed E-state index contributed by atoms with van der Waals surface area (Å²) >= 11 is 0. The third kappa shape index (κ3) is 4.99. The summed E-state index contributed by atoms with van der Waals surface area (Å²) in [6.07, 6.45) is -2.50. The average molecular weight is 424 g/mol. The van der Waals surface area contributed by atoms with Gasteiger partial charge >= 0.3 is 6.18 Å². The highest BCUT2D eigenvalue weighted by Gasteiger charge is 2.37. The minimum atomic E-state index is -4.44. The van der Waals surface area contributed by atoms with Gasteiger partial charge in [-0.2, -0.15) is 13.2 Å². The first-order valence-electron chi connectivity index (χ1n) is 9.37. The Morgan fingerprint density at radius 3 is 2.43 bits per heavy atom. The van der Waals surface area contributed by atoms with Crippen molar-refractivity contribution < 1.29 is 27.2 Å². The Hall–Kier alpha value is -2.88. The molecule has 2 amide bonds. The van der Waals surface area contributed by atoms with Crippen LogP contribution < -0.4 is 16.0 Å². The highest BCUT2D eigenvalue weighted by molar-refractivity contribution is 5.89. The molecule has 2 aromatic rings. The minimum absolute atomic E-state index is 0.0904. The molecule has 3 unspecified atom stereocenters. The summed E-state index contributed by atoms with van der Waals surface area (Å²) in [4.78, 5) is 29.0. The maximum absolute atomic E-state index is 12.9. The molecule has 0 radical (unpaired) electrons. The van der Waals surface area contributed by atoms with E-state index in [4.69, 9.17) is 4.42 Å². The number of nitrogens with one attached hydrogen (secondary N) is 3. The van der Waals surface area contributed by atoms with Gasteiger partial charge < -0.3 is 15.1 Å². The number of oxazole rings is 1. The van der Waals surface area contributed by atoms with Crippen molar-refractivity contribution in [1.29, 1.82) is 0 Å². The minimum Gasteiger partial charge on any atom is -0.445 e. The molecule has 1 saturated heterocycles. The number of alkyl halides is 3. The Morgan fingerprint density at radius 1 is 1.23 bits per heavy atom. The monoisotopic (exact) mass is 424 g/mol. The van der Waals surface area contributed by atoms with E-state index in [0.29, 0.717) is 5.56 Å². The summed E-state index contributed by atoms with van der Waals surface area (Å²) in [5, 5.41) is 8.49. The molecule has 0 bridgehead atoms. The van der Waals surface area contributed by atoms with Crippen molar-refractivity contribution in [2.45, 2.75) is 51.6 Å². The number of halogens is 3. The first-order chi connectivity index (χ1) is 13.9. The largest absolute Gasteiger partial charge is 0.445 e. The van der Waals surface area contributed by atoms with Crippen molar-refractivity contribution in [2.75, 3.05) is 0 Å². The van der Waals surface area contributed by atoms with Crippen LogP contribution in [0, 0.1) is 5.41 Å². The molecule has 3 N–H and O–H groups in total. The van der Waals surface area contributed by atoms with Crippen LogP contribution >= 0.6 is 0 Å². The lowest BCUT2D eigenvalue weighted by Crippen LogP contribution is -2.57. The number of benzene rings is 1. The molecular formula is C20H23F3N4O3. The van der Waals surface area contributed by atoms with Gasteiger partial charge in [0.25, 0.3) is 0 Å². The third-order valence-electron chi connectivity index (χ3n) is 4.80. The Labute approximate surface area is 171 Å². The molecule has 1 aliphatic rings. The topological polar surface area (TPSA) is 96.3 Å². The van der Waals surface area contributed by atoms with Crippen LogP contribution in [0.4, 0.5) is 13.2 Å². The average Bonchev–Trinajstić information content (AvgIpc) is 3.19. The van der Waals surface area contributed by atoms with Gasteiger partial charge in [0.2, 0.25) is 17.7 Å². The van der Waals surface area contributed by atoms with Crippen LogP contribution in [0.25, 0.3) is 0 Å². The maximum atomic E-state index is 12.9. The smallest absolute Gasteiger partial charge is 0.416 e. The van der Waals surface area contributed by atoms with Crippen molar-refractivity contribution >= 4 is 11.8 Å². The second-order valence-electron chi connectivity index (χ2n) is 8.22. The van der Waals surface area contributed by atoms with Gasteiger partial charge in [0.1, 0.15) is 6.26 Å². The lowest BCUT2D eigenvalue weighted by molar-refractivity contribution is -0.137. The first-order valence-corrected chi connectivity index (χ1v) is 9.37. The zero-order valence-electron chi connectivity index (χ0n) is 16.7. The van der Waals surface area contributed by atoms with Crippen LogP contribution in [0.2, 0.25) is 0 Å². The number of rotatable bonds is 4. The second-order valence-corrected chi connectivity index (χ2v) is 8.22. The van der Waals surface area contributed by atoms with Gasteiger partial charge in [0.15, 0.2) is 6.17 Å². The molecule has 0 saturated carbocycles. The van der Waals surface area contributed by atoms with Crippen LogP contribution in [0.15, 0.2) is 41.1 Å². The third-order valence-corrected chi connectivity index (χ3v) is 4.80. The molecule has 162 valence electrons. The molecule has 3 rings (SSSR count). The molecule has 1 aromatic carbocycles. The van der Waals surface area contributed by atoms with Crippen LogP contribution in [0.3, 0.4) is 0 Å². The summed E-state index contributed by atoms with van der Waals surface area (Å²) in [6, 6.07) is 3.27. The summed E-state index contributed by atoms with van der Waals surface area (Å²) < 4.78 is 43.8. The molecule has 7 nitrogen and oxygen atoms in total. The van der Waals surface area contributed by atoms with Crippen LogP contribution in [-0.4, -0.2) is 22.8 Å². The summed E-state index contributed by atoms with van der Waals surface area (Å²) in [5.41, 5.74) is -0.716. The predicted octanol–water partition coefficient (Wildman–Crippen LogP) is 3.07. The molecular weight excluding hydrogens is 401 g/mol. The fraction of sp³-hybridized carbons (Fsp3) is 0.450. The Morgan fingerprint density at radius 2 is 1.90 bits per heavy atom. The number of nitrogens with zero attached hydrogens (tertiary/aromatic N) is 1. The fourth-order valence-electron chi connectivity index (χ4n) is 3.29. The molecule has 2 heterocycles. The lowest BCUT2D eigenvalue weighted by atomic mass is 9.82. The van der Waals surface area contributed by atoms with E-state index in [1.54, 1.807) is 0 Å². The van der Waals surface area contributed by atoms with Gasteiger partial charge in [-0.1, -0.05) is 32.9 Å². The van der Waals surface area contributed by atoms with Crippen molar-refractivity contribution in [3.05, 3.63) is 53.7 Å². The number of carbonyl (C=O) groups is 2. The molecule has 0 spiro atoms. The van der Waals surface area contributed by atoms with E-state index in [1.165, 1.54) is 24.6 Å². The van der Waals surface area contributed by atoms with Gasteiger partial charge in [0.05, 0.1) is 30.3 Å². The quantitative estimate of drug-likeness (QED) is 0.701. The van der Waals surface area contributed by atoms with Crippen molar-refractivity contribution in [1.82, 2.24) is 20.9 Å². The maximum Gasteiger partial charge on any atom is 0.416 e. The van der Waals surface area contributed by atoms with Crippen LogP contribution in [0.1, 0.15) is 56.4 Å². The lowest BCUT2D eigenvalue weighted by Gasteiger charge is -2.35. The highest BCUT2D eigenvalue weighted by atomic mass is 19.4. The zero-order chi connectivity index (χ0) is 22.1. The van der Waals surface area contributed by atoms with E-state index < -0.39 is 41.3 Å². The molecule has 1 fully saturated rings. The van der Waals surface area contributed by atoms with E-state index in [-0.39, 0.29) is 18.2 Å². The Bertz CT molecular complexity index is 890. The predicted molar refractivity (Wildman–Crippen MR) is 101 cm³/mol. The van der Waals surface area contributed by atoms with E-state index in [0.717, 1.165) is 12.1 Å². The molecule has 3 atom stereocenters. The van der Waals surface area contributed by atoms with E-state index in [2.05, 4.69) is 20.9 Å². The van der Waals surface area contributed by atoms with Crippen molar-refractivity contribution in [2.24, 2.45) is 5.41 Å². The number of hydrogen-bond acceptors (Lipinski definition) is 5. The van der Waals surface area contributed by atoms with Gasteiger partial charge in [-0.25, -0.2) is 4.98 Å². The molecule has 1 aliphatic heterocycles. The van der Waals surface area contributed by atoms with Crippen molar-refractivity contribution in [3.8, 4) is 0 Å². The summed E-state index contributed by atoms with van der Waals surface area (Å²) in [7, 11) is 0. The SMILES string of the molecule is CC(C)(C)C(NC(=O)C1CC(=O)NC(c2ncco2)N1)c1ccc(C(F)(F)F)cc1. The van der Waals surface area contributed by atoms with Crippen LogP contribution in [0.5, 0.6) is 0 Å². The number of hydrogen-bond donors (Lipinski definition) is 3. The van der Waals surface area contributed by atoms with Gasteiger partial charge in [-0.3, -0.25) is 14.9 Å². The Kier molecular flexibility index (Phi) is 5.89. The molecule has 30 heavy (non-hydrogen) atoms. The summed E-state index contributed by atoms with van der Waals surface area (Å²) in [5.74, 6) is -0.573. The van der Waals surface area contributed by atoms with Crippen LogP contribution in [-0.2, 0) is 15.8 Å². The Balaban J connectivity index is 1.78. The van der Waals surface area contributed by atoms with Gasteiger partial charge in [0, 0.05) is 0 Å². The number of amides is 2. The number of aromatic nitrogens is 1. The van der Waals surface area contributed by atoms with E-state index in [1.807, 2.05) is 20.8 Å². The normalized spacial score (nSPS) is 21.1. The van der Waals surface area contributed by atoms with Crippen molar-refractivity contribution in [3.63, 3.8) is 0 Å². The number of carbonyl (C=O) groups excluding carboxylic acids is 2. The highest BCUT2D eigenvalue weighted by Crippen LogP contribution is 2.35. The zero-order valence-corrected chi connectivity index (χ0v) is 16.7. The summed E-state index contributed by atoms with van der Waals surface area (Å²) in [6.45, 7) is 5.60. The molecule has 1 aromatic heterocycles. The second kappa shape index (κ2) is 8.10. The first kappa shape index (κ1) is 21.8. The molecule has 10 heteroatoms.